The van der Waals surface area contributed by atoms with Gasteiger partial charge >= 0.3 is 0 Å². The quantitative estimate of drug-likeness (QED) is 0.566. The lowest BCUT2D eigenvalue weighted by Gasteiger charge is -2.11. The summed E-state index contributed by atoms with van der Waals surface area (Å²) in [5.41, 5.74) is 0.875. The van der Waals surface area contributed by atoms with Crippen molar-refractivity contribution in [2.24, 2.45) is 0 Å². The van der Waals surface area contributed by atoms with Gasteiger partial charge in [0.05, 0.1) is 0 Å². The van der Waals surface area contributed by atoms with Crippen LogP contribution in [0.3, 0.4) is 0 Å². The van der Waals surface area contributed by atoms with E-state index in [1.807, 2.05) is 13.0 Å². The Morgan fingerprint density at radius 2 is 2.45 bits per heavy atom. The van der Waals surface area contributed by atoms with Crippen molar-refractivity contribution in [2.75, 3.05) is 0 Å². The molecule has 0 aromatic rings. The number of halogens is 1. The Kier molecular flexibility index (Phi) is 2.56. The van der Waals surface area contributed by atoms with Gasteiger partial charge in [0.1, 0.15) is 5.76 Å². The van der Waals surface area contributed by atoms with Gasteiger partial charge in [-0.25, -0.2) is 0 Å². The Balaban J connectivity index is 2.82. The largest absolute Gasteiger partial charge is 0.388 e. The minimum Gasteiger partial charge on any atom is -0.388 e. The van der Waals surface area contributed by atoms with Gasteiger partial charge in [0, 0.05) is 10.6 Å². The Morgan fingerprint density at radius 3 is 3.09 bits per heavy atom. The van der Waals surface area contributed by atoms with Gasteiger partial charge < -0.3 is 4.74 Å². The highest BCUT2D eigenvalue weighted by molar-refractivity contribution is 6.30. The number of ether oxygens (including phenoxy) is 1. The highest BCUT2D eigenvalue weighted by Gasteiger charge is 2.11. The maximum absolute atomic E-state index is 8.24. The molecule has 0 spiro atoms. The molecule has 1 aliphatic carbocycles. The predicted molar refractivity (Wildman–Crippen MR) is 42.6 cm³/mol. The number of hydrogen-bond donors (Lipinski definition) is 0. The first-order valence-electron chi connectivity index (χ1n) is 3.37. The molecule has 0 N–H and O–H groups in total. The Labute approximate surface area is 70.7 Å². The third kappa shape index (κ3) is 1.75. The lowest BCUT2D eigenvalue weighted by Crippen LogP contribution is -1.96. The Morgan fingerprint density at radius 1 is 1.73 bits per heavy atom. The summed E-state index contributed by atoms with van der Waals surface area (Å²) in [6.07, 6.45) is 5.21. The number of rotatable bonds is 1. The summed E-state index contributed by atoms with van der Waals surface area (Å²) in [6.45, 7) is 1.85. The fraction of sp³-hybridized carbons (Fsp3) is 0.375. The van der Waals surface area contributed by atoms with Crippen molar-refractivity contribution in [1.29, 1.82) is 5.26 Å². The van der Waals surface area contributed by atoms with Crippen molar-refractivity contribution in [3.05, 3.63) is 22.4 Å². The van der Waals surface area contributed by atoms with Crippen LogP contribution in [0.25, 0.3) is 0 Å². The molecular formula is C8H8ClNO. The van der Waals surface area contributed by atoms with Crippen LogP contribution < -0.4 is 0 Å². The van der Waals surface area contributed by atoms with Crippen LogP contribution in [0.1, 0.15) is 19.8 Å². The second-order valence-electron chi connectivity index (χ2n) is 2.33. The molecule has 0 amide bonds. The minimum atomic E-state index is 0.601. The van der Waals surface area contributed by atoms with Gasteiger partial charge in [0.15, 0.2) is 0 Å². The van der Waals surface area contributed by atoms with Crippen molar-refractivity contribution in [2.45, 2.75) is 19.8 Å². The molecule has 0 aromatic carbocycles. The van der Waals surface area contributed by atoms with Gasteiger partial charge in [-0.15, -0.1) is 5.26 Å². The molecule has 2 nitrogen and oxygen atoms in total. The molecule has 0 atom stereocenters. The van der Waals surface area contributed by atoms with E-state index in [2.05, 4.69) is 4.74 Å². The fourth-order valence-electron chi connectivity index (χ4n) is 0.972. The summed E-state index contributed by atoms with van der Waals surface area (Å²) in [7, 11) is 0. The summed E-state index contributed by atoms with van der Waals surface area (Å²) < 4.78 is 4.69. The van der Waals surface area contributed by atoms with Gasteiger partial charge in [-0.3, -0.25) is 0 Å². The van der Waals surface area contributed by atoms with Crippen molar-refractivity contribution < 1.29 is 4.74 Å². The predicted octanol–water partition coefficient (Wildman–Crippen LogP) is 2.67. The molecule has 0 saturated carbocycles. The molecule has 0 radical (unpaired) electrons. The molecule has 0 aromatic heterocycles. The highest BCUT2D eigenvalue weighted by atomic mass is 35.5. The van der Waals surface area contributed by atoms with Crippen LogP contribution in [-0.2, 0) is 4.74 Å². The third-order valence-electron chi connectivity index (χ3n) is 1.63. The molecule has 0 bridgehead atoms. The van der Waals surface area contributed by atoms with Gasteiger partial charge in [-0.1, -0.05) is 11.6 Å². The van der Waals surface area contributed by atoms with E-state index in [0.717, 1.165) is 23.4 Å². The van der Waals surface area contributed by atoms with Gasteiger partial charge in [0.25, 0.3) is 6.26 Å². The second kappa shape index (κ2) is 3.45. The molecule has 1 rings (SSSR count). The van der Waals surface area contributed by atoms with Gasteiger partial charge in [-0.2, -0.15) is 0 Å². The molecule has 0 saturated heterocycles. The zero-order valence-corrected chi connectivity index (χ0v) is 6.98. The first-order chi connectivity index (χ1) is 5.25. The molecule has 0 aliphatic heterocycles. The van der Waals surface area contributed by atoms with Crippen molar-refractivity contribution in [3.63, 3.8) is 0 Å². The van der Waals surface area contributed by atoms with Crippen LogP contribution >= 0.6 is 11.6 Å². The molecular weight excluding hydrogens is 162 g/mol. The van der Waals surface area contributed by atoms with Crippen LogP contribution in [0.4, 0.5) is 0 Å². The average Bonchev–Trinajstić information content (AvgIpc) is 1.99. The fourth-order valence-corrected chi connectivity index (χ4v) is 1.17. The standard InChI is InChI=1S/C8H8ClNO/c1-6-7(9)3-2-4-8(6)11-5-10/h4H,2-3H2,1H3. The molecule has 0 heterocycles. The molecule has 11 heavy (non-hydrogen) atoms. The van der Waals surface area contributed by atoms with Crippen LogP contribution in [0.5, 0.6) is 0 Å². The van der Waals surface area contributed by atoms with E-state index in [1.54, 1.807) is 6.26 Å². The third-order valence-corrected chi connectivity index (χ3v) is 2.10. The smallest absolute Gasteiger partial charge is 0.292 e. The van der Waals surface area contributed by atoms with Gasteiger partial charge in [-0.05, 0) is 25.8 Å². The van der Waals surface area contributed by atoms with Crippen molar-refractivity contribution in [1.82, 2.24) is 0 Å². The number of nitriles is 1. The molecule has 3 heteroatoms. The first kappa shape index (κ1) is 8.16. The van der Waals surface area contributed by atoms with Crippen molar-refractivity contribution in [3.8, 4) is 6.26 Å². The zero-order valence-electron chi connectivity index (χ0n) is 6.22. The van der Waals surface area contributed by atoms with E-state index in [1.165, 1.54) is 0 Å². The molecule has 1 aliphatic rings. The van der Waals surface area contributed by atoms with Crippen molar-refractivity contribution >= 4 is 11.6 Å². The van der Waals surface area contributed by atoms with E-state index in [4.69, 9.17) is 16.9 Å². The average molecular weight is 170 g/mol. The normalized spacial score (nSPS) is 17.4. The maximum Gasteiger partial charge on any atom is 0.292 e. The van der Waals surface area contributed by atoms with E-state index in [9.17, 15) is 0 Å². The highest BCUT2D eigenvalue weighted by Crippen LogP contribution is 2.27. The van der Waals surface area contributed by atoms with E-state index in [-0.39, 0.29) is 0 Å². The van der Waals surface area contributed by atoms with E-state index < -0.39 is 0 Å². The SMILES string of the molecule is CC1=C(Cl)CCC=C1OC#N. The molecule has 0 fully saturated rings. The summed E-state index contributed by atoms with van der Waals surface area (Å²) >= 11 is 5.85. The minimum absolute atomic E-state index is 0.601. The summed E-state index contributed by atoms with van der Waals surface area (Å²) in [5, 5.41) is 9.03. The molecule has 58 valence electrons. The van der Waals surface area contributed by atoms with E-state index in [0.29, 0.717) is 5.76 Å². The van der Waals surface area contributed by atoms with Crippen LogP contribution in [0, 0.1) is 11.5 Å². The zero-order chi connectivity index (χ0) is 8.27. The number of allylic oxidation sites excluding steroid dienone is 3. The van der Waals surface area contributed by atoms with Crippen LogP contribution in [-0.4, -0.2) is 0 Å². The summed E-state index contributed by atoms with van der Waals surface area (Å²) in [6, 6.07) is 0. The topological polar surface area (TPSA) is 33.0 Å². The van der Waals surface area contributed by atoms with Crippen LogP contribution in [0.2, 0.25) is 0 Å². The Hall–Kier alpha value is -0.940. The first-order valence-corrected chi connectivity index (χ1v) is 3.75. The number of hydrogen-bond acceptors (Lipinski definition) is 2. The Bertz CT molecular complexity index is 260. The summed E-state index contributed by atoms with van der Waals surface area (Å²) in [4.78, 5) is 0. The summed E-state index contributed by atoms with van der Waals surface area (Å²) in [5.74, 6) is 0.601. The van der Waals surface area contributed by atoms with Crippen LogP contribution in [0.15, 0.2) is 22.4 Å². The monoisotopic (exact) mass is 169 g/mol. The lowest BCUT2D eigenvalue weighted by molar-refractivity contribution is 0.380. The van der Waals surface area contributed by atoms with E-state index >= 15 is 0 Å². The molecule has 0 unspecified atom stereocenters. The second-order valence-corrected chi connectivity index (χ2v) is 2.79. The number of nitrogens with zero attached hydrogens (tertiary/aromatic N) is 1. The van der Waals surface area contributed by atoms with Gasteiger partial charge in [0.2, 0.25) is 0 Å². The maximum atomic E-state index is 8.24. The lowest BCUT2D eigenvalue weighted by atomic mass is 10.1.